The number of hydrogen-bond donors (Lipinski definition) is 1. The molecule has 0 amide bonds. The molecule has 2 rings (SSSR count). The highest BCUT2D eigenvalue weighted by molar-refractivity contribution is 7.87. The lowest BCUT2D eigenvalue weighted by Crippen LogP contribution is -2.32. The second-order valence-electron chi connectivity index (χ2n) is 4.35. The Hall–Kier alpha value is -0.950. The number of nitrogens with zero attached hydrogens (tertiary/aromatic N) is 2. The fraction of sp³-hybridized carbons (Fsp3) is 0.500. The van der Waals surface area contributed by atoms with E-state index in [0.29, 0.717) is 32.7 Å². The summed E-state index contributed by atoms with van der Waals surface area (Å²) in [6.45, 7) is 4.48. The van der Waals surface area contributed by atoms with Crippen molar-refractivity contribution >= 4 is 10.2 Å². The average Bonchev–Trinajstić information content (AvgIpc) is 2.65. The Balaban J connectivity index is 2.10. The lowest BCUT2D eigenvalue weighted by Gasteiger charge is -2.17. The fourth-order valence-electron chi connectivity index (χ4n) is 2.08. The Morgan fingerprint density at radius 3 is 2.17 bits per heavy atom. The van der Waals surface area contributed by atoms with Crippen LogP contribution in [0.3, 0.4) is 0 Å². The Bertz CT molecular complexity index is 499. The van der Waals surface area contributed by atoms with Crippen LogP contribution in [0.15, 0.2) is 24.3 Å². The average molecular weight is 269 g/mol. The molecule has 5 nitrogen and oxygen atoms in total. The Labute approximate surface area is 108 Å². The van der Waals surface area contributed by atoms with E-state index in [1.54, 1.807) is 0 Å². The second kappa shape index (κ2) is 5.36. The highest BCUT2D eigenvalue weighted by Gasteiger charge is 2.34. The number of nitrogens with two attached hydrogens (primary N) is 1. The first kappa shape index (κ1) is 13.5. The zero-order valence-electron chi connectivity index (χ0n) is 10.5. The van der Waals surface area contributed by atoms with Crippen LogP contribution in [0.1, 0.15) is 18.1 Å². The highest BCUT2D eigenvalue weighted by atomic mass is 32.2. The van der Waals surface area contributed by atoms with Gasteiger partial charge >= 0.3 is 0 Å². The minimum atomic E-state index is -3.25. The van der Waals surface area contributed by atoms with E-state index in [4.69, 9.17) is 5.73 Å². The van der Waals surface area contributed by atoms with E-state index in [2.05, 4.69) is 0 Å². The normalized spacial score (nSPS) is 20.3. The molecule has 1 aliphatic heterocycles. The fourth-order valence-corrected chi connectivity index (χ4v) is 3.67. The number of hydrogen-bond acceptors (Lipinski definition) is 3. The maximum absolute atomic E-state index is 12.1. The van der Waals surface area contributed by atoms with E-state index < -0.39 is 10.2 Å². The van der Waals surface area contributed by atoms with E-state index >= 15 is 0 Å². The van der Waals surface area contributed by atoms with Crippen LogP contribution < -0.4 is 5.73 Å². The first-order valence-electron chi connectivity index (χ1n) is 6.11. The van der Waals surface area contributed by atoms with Crippen molar-refractivity contribution in [3.8, 4) is 0 Å². The predicted molar refractivity (Wildman–Crippen MR) is 70.9 cm³/mol. The van der Waals surface area contributed by atoms with Crippen molar-refractivity contribution in [3.63, 3.8) is 0 Å². The minimum Gasteiger partial charge on any atom is -0.326 e. The quantitative estimate of drug-likeness (QED) is 0.867. The maximum atomic E-state index is 12.1. The van der Waals surface area contributed by atoms with Crippen LogP contribution in [0, 0.1) is 0 Å². The number of likely N-dealkylation sites (N-methyl/N-ethyl adjacent to an activating group) is 1. The zero-order valence-corrected chi connectivity index (χ0v) is 11.4. The summed E-state index contributed by atoms with van der Waals surface area (Å²) in [6.07, 6.45) is 0. The molecule has 100 valence electrons. The summed E-state index contributed by atoms with van der Waals surface area (Å²) in [5, 5.41) is 0. The molecule has 2 N–H and O–H groups in total. The van der Waals surface area contributed by atoms with Crippen LogP contribution >= 0.6 is 0 Å². The third kappa shape index (κ3) is 2.56. The molecule has 0 atom stereocenters. The largest absolute Gasteiger partial charge is 0.326 e. The first-order chi connectivity index (χ1) is 8.57. The van der Waals surface area contributed by atoms with Crippen LogP contribution in [-0.2, 0) is 23.3 Å². The van der Waals surface area contributed by atoms with Crippen molar-refractivity contribution in [1.29, 1.82) is 0 Å². The molecule has 1 fully saturated rings. The Kier molecular flexibility index (Phi) is 4.01. The van der Waals surface area contributed by atoms with Crippen molar-refractivity contribution < 1.29 is 8.42 Å². The summed E-state index contributed by atoms with van der Waals surface area (Å²) in [7, 11) is -3.25. The monoisotopic (exact) mass is 269 g/mol. The highest BCUT2D eigenvalue weighted by Crippen LogP contribution is 2.19. The standard InChI is InChI=1S/C12H19N3O2S/c1-2-14-7-8-15(18(14,16)17)10-12-5-3-11(9-13)4-6-12/h3-6H,2,7-10,13H2,1H3. The summed E-state index contributed by atoms with van der Waals surface area (Å²) in [4.78, 5) is 0. The molecule has 1 heterocycles. The lowest BCUT2D eigenvalue weighted by atomic mass is 10.1. The van der Waals surface area contributed by atoms with Gasteiger partial charge in [0.15, 0.2) is 0 Å². The van der Waals surface area contributed by atoms with E-state index in [-0.39, 0.29) is 0 Å². The molecule has 0 aromatic heterocycles. The summed E-state index contributed by atoms with van der Waals surface area (Å²) < 4.78 is 27.2. The van der Waals surface area contributed by atoms with Gasteiger partial charge in [-0.3, -0.25) is 0 Å². The van der Waals surface area contributed by atoms with Gasteiger partial charge in [-0.1, -0.05) is 31.2 Å². The zero-order chi connectivity index (χ0) is 13.2. The van der Waals surface area contributed by atoms with Crippen LogP contribution in [-0.4, -0.2) is 36.7 Å². The van der Waals surface area contributed by atoms with Crippen molar-refractivity contribution in [1.82, 2.24) is 8.61 Å². The molecule has 0 bridgehead atoms. The van der Waals surface area contributed by atoms with Gasteiger partial charge in [-0.15, -0.1) is 0 Å². The predicted octanol–water partition coefficient (Wildman–Crippen LogP) is 0.528. The molecule has 0 radical (unpaired) electrons. The number of benzene rings is 1. The van der Waals surface area contributed by atoms with E-state index in [1.165, 1.54) is 8.61 Å². The first-order valence-corrected chi connectivity index (χ1v) is 7.50. The van der Waals surface area contributed by atoms with Gasteiger partial charge in [-0.2, -0.15) is 17.0 Å². The van der Waals surface area contributed by atoms with Crippen molar-refractivity contribution in [2.75, 3.05) is 19.6 Å². The minimum absolute atomic E-state index is 0.434. The molecule has 1 saturated heterocycles. The SMILES string of the molecule is CCN1CCN(Cc2ccc(CN)cc2)S1(=O)=O. The third-order valence-corrected chi connectivity index (χ3v) is 5.28. The third-order valence-electron chi connectivity index (χ3n) is 3.22. The van der Waals surface area contributed by atoms with Crippen molar-refractivity contribution in [2.45, 2.75) is 20.0 Å². The van der Waals surface area contributed by atoms with Crippen molar-refractivity contribution in [3.05, 3.63) is 35.4 Å². The van der Waals surface area contributed by atoms with Gasteiger partial charge < -0.3 is 5.73 Å². The molecular weight excluding hydrogens is 250 g/mol. The van der Waals surface area contributed by atoms with Gasteiger partial charge in [0.25, 0.3) is 10.2 Å². The van der Waals surface area contributed by atoms with Gasteiger partial charge in [0.2, 0.25) is 0 Å². The lowest BCUT2D eigenvalue weighted by molar-refractivity contribution is 0.443. The molecule has 1 aliphatic rings. The van der Waals surface area contributed by atoms with Gasteiger partial charge in [0, 0.05) is 32.7 Å². The second-order valence-corrected chi connectivity index (χ2v) is 6.28. The maximum Gasteiger partial charge on any atom is 0.282 e. The smallest absolute Gasteiger partial charge is 0.282 e. The molecular formula is C12H19N3O2S. The molecule has 1 aromatic carbocycles. The molecule has 0 unspecified atom stereocenters. The summed E-state index contributed by atoms with van der Waals surface area (Å²) in [6, 6.07) is 7.75. The van der Waals surface area contributed by atoms with Crippen LogP contribution in [0.2, 0.25) is 0 Å². The molecule has 0 saturated carbocycles. The molecule has 1 aromatic rings. The van der Waals surface area contributed by atoms with Crippen LogP contribution in [0.25, 0.3) is 0 Å². The van der Waals surface area contributed by atoms with Crippen molar-refractivity contribution in [2.24, 2.45) is 5.73 Å². The van der Waals surface area contributed by atoms with E-state index in [9.17, 15) is 8.42 Å². The Morgan fingerprint density at radius 1 is 1.11 bits per heavy atom. The summed E-state index contributed by atoms with van der Waals surface area (Å²) >= 11 is 0. The molecule has 0 spiro atoms. The van der Waals surface area contributed by atoms with Gasteiger partial charge in [0.1, 0.15) is 0 Å². The summed E-state index contributed by atoms with van der Waals surface area (Å²) in [5.74, 6) is 0. The molecule has 18 heavy (non-hydrogen) atoms. The van der Waals surface area contributed by atoms with Gasteiger partial charge in [-0.05, 0) is 11.1 Å². The molecule has 6 heteroatoms. The summed E-state index contributed by atoms with van der Waals surface area (Å²) in [5.41, 5.74) is 7.58. The topological polar surface area (TPSA) is 66.6 Å². The van der Waals surface area contributed by atoms with Gasteiger partial charge in [0.05, 0.1) is 0 Å². The molecule has 0 aliphatic carbocycles. The van der Waals surface area contributed by atoms with E-state index in [1.807, 2.05) is 31.2 Å². The van der Waals surface area contributed by atoms with Crippen LogP contribution in [0.4, 0.5) is 0 Å². The van der Waals surface area contributed by atoms with Crippen LogP contribution in [0.5, 0.6) is 0 Å². The van der Waals surface area contributed by atoms with Gasteiger partial charge in [-0.25, -0.2) is 0 Å². The Morgan fingerprint density at radius 2 is 1.67 bits per heavy atom. The number of rotatable bonds is 4. The van der Waals surface area contributed by atoms with E-state index in [0.717, 1.165) is 11.1 Å².